The number of amides is 1. The number of fused-ring (bicyclic) bond motifs is 2. The van der Waals surface area contributed by atoms with Gasteiger partial charge in [-0.25, -0.2) is 14.5 Å². The average Bonchev–Trinajstić information content (AvgIpc) is 2.98. The molecule has 1 aliphatic heterocycles. The molecule has 1 N–H and O–H groups in total. The minimum Gasteiger partial charge on any atom is -0.300 e. The molecule has 0 spiro atoms. The lowest BCUT2D eigenvalue weighted by Crippen LogP contribution is -2.30. The second kappa shape index (κ2) is 7.73. The van der Waals surface area contributed by atoms with Crippen LogP contribution in [0.4, 0.5) is 5.13 Å². The molecule has 0 aromatic carbocycles. The molecular formula is C18H25N5O2S. The molecule has 0 saturated heterocycles. The lowest BCUT2D eigenvalue weighted by Gasteiger charge is -2.06. The van der Waals surface area contributed by atoms with E-state index < -0.39 is 0 Å². The summed E-state index contributed by atoms with van der Waals surface area (Å²) in [4.78, 5) is 30.8. The van der Waals surface area contributed by atoms with E-state index in [9.17, 15) is 9.59 Å². The molecule has 7 nitrogen and oxygen atoms in total. The van der Waals surface area contributed by atoms with Gasteiger partial charge in [-0.1, -0.05) is 19.3 Å². The fraction of sp³-hybridized carbons (Fsp3) is 0.667. The van der Waals surface area contributed by atoms with Gasteiger partial charge in [0.2, 0.25) is 5.91 Å². The Kier molecular flexibility index (Phi) is 5.19. The third-order valence-corrected chi connectivity index (χ3v) is 6.24. The summed E-state index contributed by atoms with van der Waals surface area (Å²) in [5, 5.41) is 7.89. The van der Waals surface area contributed by atoms with Crippen LogP contribution in [0.5, 0.6) is 0 Å². The molecule has 0 atom stereocenters. The summed E-state index contributed by atoms with van der Waals surface area (Å²) in [6, 6.07) is 0. The molecular weight excluding hydrogens is 350 g/mol. The van der Waals surface area contributed by atoms with Crippen molar-refractivity contribution in [2.24, 2.45) is 0 Å². The minimum atomic E-state index is -0.234. The Bertz CT molecular complexity index is 825. The van der Waals surface area contributed by atoms with Crippen molar-refractivity contribution in [2.75, 3.05) is 5.32 Å². The first-order valence-corrected chi connectivity index (χ1v) is 10.5. The predicted molar refractivity (Wildman–Crippen MR) is 101 cm³/mol. The van der Waals surface area contributed by atoms with Gasteiger partial charge in [-0.15, -0.1) is 11.3 Å². The van der Waals surface area contributed by atoms with Crippen LogP contribution in [-0.2, 0) is 37.1 Å². The smallest absolute Gasteiger partial charge is 0.300 e. The normalized spacial score (nSPS) is 17.5. The van der Waals surface area contributed by atoms with E-state index in [0.29, 0.717) is 11.7 Å². The van der Waals surface area contributed by atoms with E-state index in [1.54, 1.807) is 15.9 Å². The summed E-state index contributed by atoms with van der Waals surface area (Å²) in [5.41, 5.74) is 0.958. The average molecular weight is 375 g/mol. The topological polar surface area (TPSA) is 81.8 Å². The Morgan fingerprint density at radius 1 is 1.04 bits per heavy atom. The number of thiazole rings is 1. The standard InChI is InChI=1S/C18H25N5O2S/c24-16(12-23-18(25)22-11-7-3-6-10-15(22)21-23)20-17-19-13-8-4-1-2-5-9-14(13)26-17/h1-12H2,(H,19,20,24). The van der Waals surface area contributed by atoms with Crippen molar-refractivity contribution in [2.45, 2.75) is 77.3 Å². The lowest BCUT2D eigenvalue weighted by atomic mass is 10.0. The second-order valence-electron chi connectivity index (χ2n) is 7.17. The summed E-state index contributed by atoms with van der Waals surface area (Å²) in [5.74, 6) is 0.569. The molecule has 1 amide bonds. The van der Waals surface area contributed by atoms with Gasteiger partial charge in [0, 0.05) is 17.8 Å². The molecule has 8 heteroatoms. The molecule has 1 aliphatic carbocycles. The third kappa shape index (κ3) is 3.75. The van der Waals surface area contributed by atoms with Crippen molar-refractivity contribution >= 4 is 22.4 Å². The number of anilines is 1. The number of rotatable bonds is 3. The third-order valence-electron chi connectivity index (χ3n) is 5.17. The fourth-order valence-corrected chi connectivity index (χ4v) is 4.85. The number of aromatic nitrogens is 4. The van der Waals surface area contributed by atoms with Gasteiger partial charge >= 0.3 is 5.69 Å². The van der Waals surface area contributed by atoms with Crippen LogP contribution in [0.25, 0.3) is 0 Å². The molecule has 2 aromatic heterocycles. The van der Waals surface area contributed by atoms with E-state index in [4.69, 9.17) is 0 Å². The predicted octanol–water partition coefficient (Wildman–Crippen LogP) is 2.53. The monoisotopic (exact) mass is 375 g/mol. The zero-order valence-electron chi connectivity index (χ0n) is 15.0. The molecule has 4 rings (SSSR count). The van der Waals surface area contributed by atoms with Gasteiger partial charge in [0.05, 0.1) is 5.69 Å². The maximum Gasteiger partial charge on any atom is 0.346 e. The van der Waals surface area contributed by atoms with E-state index in [1.165, 1.54) is 35.2 Å². The first-order valence-electron chi connectivity index (χ1n) is 9.65. The van der Waals surface area contributed by atoms with E-state index >= 15 is 0 Å². The van der Waals surface area contributed by atoms with Crippen LogP contribution in [0.2, 0.25) is 0 Å². The number of aryl methyl sites for hydroxylation is 3. The maximum atomic E-state index is 12.5. The largest absolute Gasteiger partial charge is 0.346 e. The van der Waals surface area contributed by atoms with Crippen LogP contribution < -0.4 is 11.0 Å². The number of hydrogen-bond donors (Lipinski definition) is 1. The van der Waals surface area contributed by atoms with Crippen molar-refractivity contribution in [3.8, 4) is 0 Å². The van der Waals surface area contributed by atoms with Gasteiger partial charge in [0.1, 0.15) is 12.4 Å². The van der Waals surface area contributed by atoms with E-state index in [2.05, 4.69) is 15.4 Å². The molecule has 0 bridgehead atoms. The molecule has 26 heavy (non-hydrogen) atoms. The molecule has 0 unspecified atom stereocenters. The van der Waals surface area contributed by atoms with Crippen LogP contribution >= 0.6 is 11.3 Å². The Balaban J connectivity index is 1.45. The Morgan fingerprint density at radius 3 is 2.69 bits per heavy atom. The van der Waals surface area contributed by atoms with Crippen LogP contribution in [0.15, 0.2) is 4.79 Å². The summed E-state index contributed by atoms with van der Waals surface area (Å²) in [6.07, 6.45) is 10.9. The number of carbonyl (C=O) groups is 1. The first-order chi connectivity index (χ1) is 12.7. The second-order valence-corrected chi connectivity index (χ2v) is 8.25. The molecule has 0 radical (unpaired) electrons. The molecule has 3 heterocycles. The van der Waals surface area contributed by atoms with Crippen LogP contribution in [0, 0.1) is 0 Å². The van der Waals surface area contributed by atoms with Gasteiger partial charge in [-0.2, -0.15) is 5.10 Å². The van der Waals surface area contributed by atoms with Crippen LogP contribution in [0.3, 0.4) is 0 Å². The summed E-state index contributed by atoms with van der Waals surface area (Å²) < 4.78 is 3.01. The number of nitrogens with one attached hydrogen (secondary N) is 1. The number of nitrogens with zero attached hydrogens (tertiary/aromatic N) is 4. The van der Waals surface area contributed by atoms with Gasteiger partial charge in [-0.05, 0) is 38.5 Å². The van der Waals surface area contributed by atoms with E-state index in [1.807, 2.05) is 0 Å². The number of carbonyl (C=O) groups excluding carboxylic acids is 1. The molecule has 2 aliphatic rings. The molecule has 0 saturated carbocycles. The highest BCUT2D eigenvalue weighted by molar-refractivity contribution is 7.15. The molecule has 2 aromatic rings. The zero-order valence-corrected chi connectivity index (χ0v) is 15.8. The SMILES string of the molecule is O=C(Cn1nc2n(c1=O)CCCCC2)Nc1nc2c(s1)CCCCCC2. The Labute approximate surface area is 156 Å². The quantitative estimate of drug-likeness (QED) is 0.894. The highest BCUT2D eigenvalue weighted by atomic mass is 32.1. The highest BCUT2D eigenvalue weighted by Gasteiger charge is 2.19. The van der Waals surface area contributed by atoms with Crippen molar-refractivity contribution in [3.63, 3.8) is 0 Å². The lowest BCUT2D eigenvalue weighted by molar-refractivity contribution is -0.117. The summed E-state index contributed by atoms with van der Waals surface area (Å²) >= 11 is 1.58. The van der Waals surface area contributed by atoms with Crippen molar-refractivity contribution in [1.29, 1.82) is 0 Å². The van der Waals surface area contributed by atoms with Crippen LogP contribution in [-0.4, -0.2) is 25.2 Å². The Morgan fingerprint density at radius 2 is 1.81 bits per heavy atom. The van der Waals surface area contributed by atoms with E-state index in [0.717, 1.165) is 50.0 Å². The minimum absolute atomic E-state index is 0.0525. The van der Waals surface area contributed by atoms with Crippen molar-refractivity contribution < 1.29 is 4.79 Å². The zero-order chi connectivity index (χ0) is 17.9. The van der Waals surface area contributed by atoms with Gasteiger partial charge in [-0.3, -0.25) is 9.36 Å². The molecule has 0 fully saturated rings. The molecule has 140 valence electrons. The van der Waals surface area contributed by atoms with Gasteiger partial charge in [0.15, 0.2) is 5.13 Å². The Hall–Kier alpha value is -1.96. The van der Waals surface area contributed by atoms with Gasteiger partial charge < -0.3 is 5.32 Å². The highest BCUT2D eigenvalue weighted by Crippen LogP contribution is 2.28. The van der Waals surface area contributed by atoms with Gasteiger partial charge in [0.25, 0.3) is 0 Å². The van der Waals surface area contributed by atoms with Crippen molar-refractivity contribution in [3.05, 3.63) is 26.9 Å². The summed E-state index contributed by atoms with van der Waals surface area (Å²) in [6.45, 7) is 0.651. The number of hydrogen-bond acceptors (Lipinski definition) is 5. The maximum absolute atomic E-state index is 12.5. The van der Waals surface area contributed by atoms with Crippen molar-refractivity contribution in [1.82, 2.24) is 19.3 Å². The van der Waals surface area contributed by atoms with E-state index in [-0.39, 0.29) is 18.1 Å². The first kappa shape index (κ1) is 17.5. The van der Waals surface area contributed by atoms with Crippen LogP contribution in [0.1, 0.15) is 61.3 Å². The fourth-order valence-electron chi connectivity index (χ4n) is 3.78. The summed E-state index contributed by atoms with van der Waals surface area (Å²) in [7, 11) is 0.